The number of hydrogen-bond donors (Lipinski definition) is 1. The first-order chi connectivity index (χ1) is 14.7. The molecule has 0 aliphatic heterocycles. The monoisotopic (exact) mass is 422 g/mol. The standard InChI is InChI=1S/C27H38N2O2/c1-6-19-28-26(31)21(2)29(20-18-22-10-8-7-9-11-22)25(30)17-14-23-12-15-24(16-13-23)27(3,4)5/h7-13,15-16,21H,6,14,17-20H2,1-5H3,(H,28,31)/t21-/m0/s1. The smallest absolute Gasteiger partial charge is 0.242 e. The normalized spacial score (nSPS) is 12.3. The number of amides is 2. The summed E-state index contributed by atoms with van der Waals surface area (Å²) in [7, 11) is 0. The Kier molecular flexibility index (Phi) is 9.29. The molecule has 0 fully saturated rings. The second kappa shape index (κ2) is 11.7. The van der Waals surface area contributed by atoms with Gasteiger partial charge >= 0.3 is 0 Å². The van der Waals surface area contributed by atoms with Gasteiger partial charge in [-0.15, -0.1) is 0 Å². The van der Waals surface area contributed by atoms with E-state index in [1.165, 1.54) is 11.1 Å². The predicted molar refractivity (Wildman–Crippen MR) is 128 cm³/mol. The lowest BCUT2D eigenvalue weighted by Crippen LogP contribution is -2.49. The minimum atomic E-state index is -0.481. The molecule has 1 atom stereocenters. The zero-order valence-electron chi connectivity index (χ0n) is 19.8. The average molecular weight is 423 g/mol. The van der Waals surface area contributed by atoms with Gasteiger partial charge in [0, 0.05) is 19.5 Å². The summed E-state index contributed by atoms with van der Waals surface area (Å²) in [4.78, 5) is 27.4. The maximum atomic E-state index is 13.1. The molecule has 4 heteroatoms. The van der Waals surface area contributed by atoms with Crippen LogP contribution in [0.1, 0.15) is 64.2 Å². The van der Waals surface area contributed by atoms with Crippen molar-refractivity contribution < 1.29 is 9.59 Å². The summed E-state index contributed by atoms with van der Waals surface area (Å²) >= 11 is 0. The van der Waals surface area contributed by atoms with Crippen LogP contribution in [0, 0.1) is 0 Å². The summed E-state index contributed by atoms with van der Waals surface area (Å²) < 4.78 is 0. The Morgan fingerprint density at radius 3 is 2.13 bits per heavy atom. The summed E-state index contributed by atoms with van der Waals surface area (Å²) in [5, 5.41) is 2.93. The molecule has 2 rings (SSSR count). The average Bonchev–Trinajstić information content (AvgIpc) is 2.76. The van der Waals surface area contributed by atoms with Gasteiger partial charge in [-0.2, -0.15) is 0 Å². The number of carbonyl (C=O) groups is 2. The van der Waals surface area contributed by atoms with Crippen LogP contribution in [-0.4, -0.2) is 35.8 Å². The van der Waals surface area contributed by atoms with E-state index in [2.05, 4.69) is 62.5 Å². The van der Waals surface area contributed by atoms with Crippen LogP contribution in [0.25, 0.3) is 0 Å². The van der Waals surface area contributed by atoms with Crippen molar-refractivity contribution in [3.05, 3.63) is 71.3 Å². The van der Waals surface area contributed by atoms with E-state index in [1.54, 1.807) is 4.90 Å². The summed E-state index contributed by atoms with van der Waals surface area (Å²) in [6, 6.07) is 18.1. The number of nitrogens with zero attached hydrogens (tertiary/aromatic N) is 1. The second-order valence-electron chi connectivity index (χ2n) is 9.24. The summed E-state index contributed by atoms with van der Waals surface area (Å²) in [5.74, 6) is -0.0623. The quantitative estimate of drug-likeness (QED) is 0.592. The molecule has 0 saturated heterocycles. The molecule has 168 valence electrons. The third-order valence-electron chi connectivity index (χ3n) is 5.65. The zero-order valence-corrected chi connectivity index (χ0v) is 19.8. The Hall–Kier alpha value is -2.62. The molecule has 0 aliphatic rings. The topological polar surface area (TPSA) is 49.4 Å². The number of carbonyl (C=O) groups excluding carboxylic acids is 2. The highest BCUT2D eigenvalue weighted by molar-refractivity contribution is 5.87. The van der Waals surface area contributed by atoms with Gasteiger partial charge < -0.3 is 10.2 Å². The SMILES string of the molecule is CCCNC(=O)[C@H](C)N(CCc1ccccc1)C(=O)CCc1ccc(C(C)(C)C)cc1. The first-order valence-corrected chi connectivity index (χ1v) is 11.4. The number of aryl methyl sites for hydroxylation is 1. The number of hydrogen-bond acceptors (Lipinski definition) is 2. The predicted octanol–water partition coefficient (Wildman–Crippen LogP) is 4.90. The molecule has 31 heavy (non-hydrogen) atoms. The molecule has 0 aliphatic carbocycles. The molecule has 1 N–H and O–H groups in total. The zero-order chi connectivity index (χ0) is 22.9. The van der Waals surface area contributed by atoms with Crippen molar-refractivity contribution in [2.45, 2.75) is 71.8 Å². The molecule has 0 bridgehead atoms. The molecule has 0 aromatic heterocycles. The van der Waals surface area contributed by atoms with E-state index in [-0.39, 0.29) is 17.2 Å². The summed E-state index contributed by atoms with van der Waals surface area (Å²) in [6.07, 6.45) is 2.68. The van der Waals surface area contributed by atoms with Crippen molar-refractivity contribution in [2.75, 3.05) is 13.1 Å². The van der Waals surface area contributed by atoms with Crippen LogP contribution in [0.5, 0.6) is 0 Å². The molecule has 2 amide bonds. The first kappa shape index (κ1) is 24.6. The van der Waals surface area contributed by atoms with Crippen LogP contribution >= 0.6 is 0 Å². The maximum absolute atomic E-state index is 13.1. The maximum Gasteiger partial charge on any atom is 0.242 e. The molecule has 2 aromatic carbocycles. The third kappa shape index (κ3) is 7.86. The minimum Gasteiger partial charge on any atom is -0.354 e. The number of nitrogens with one attached hydrogen (secondary N) is 1. The van der Waals surface area contributed by atoms with Crippen molar-refractivity contribution in [3.63, 3.8) is 0 Å². The molecule has 0 unspecified atom stereocenters. The molecule has 2 aromatic rings. The highest BCUT2D eigenvalue weighted by atomic mass is 16.2. The van der Waals surface area contributed by atoms with Gasteiger partial charge in [-0.05, 0) is 48.3 Å². The van der Waals surface area contributed by atoms with Gasteiger partial charge in [-0.25, -0.2) is 0 Å². The Labute approximate surface area is 188 Å². The van der Waals surface area contributed by atoms with Crippen LogP contribution in [0.4, 0.5) is 0 Å². The molecule has 0 radical (unpaired) electrons. The van der Waals surface area contributed by atoms with Crippen LogP contribution in [0.2, 0.25) is 0 Å². The fraction of sp³-hybridized carbons (Fsp3) is 0.481. The van der Waals surface area contributed by atoms with Gasteiger partial charge in [0.1, 0.15) is 6.04 Å². The summed E-state index contributed by atoms with van der Waals surface area (Å²) in [6.45, 7) is 11.6. The fourth-order valence-electron chi connectivity index (χ4n) is 3.53. The highest BCUT2D eigenvalue weighted by Gasteiger charge is 2.25. The molecular formula is C27H38N2O2. The lowest BCUT2D eigenvalue weighted by atomic mass is 9.86. The van der Waals surface area contributed by atoms with E-state index >= 15 is 0 Å². The van der Waals surface area contributed by atoms with E-state index in [0.717, 1.165) is 18.4 Å². The van der Waals surface area contributed by atoms with Gasteiger partial charge in [-0.1, -0.05) is 82.3 Å². The lowest BCUT2D eigenvalue weighted by Gasteiger charge is -2.29. The number of benzene rings is 2. The molecule has 0 saturated carbocycles. The minimum absolute atomic E-state index is 0.0231. The largest absolute Gasteiger partial charge is 0.354 e. The van der Waals surface area contributed by atoms with Crippen molar-refractivity contribution in [1.29, 1.82) is 0 Å². The van der Waals surface area contributed by atoms with Crippen LogP contribution in [-0.2, 0) is 27.8 Å². The van der Waals surface area contributed by atoms with E-state index < -0.39 is 6.04 Å². The van der Waals surface area contributed by atoms with Crippen LogP contribution < -0.4 is 5.32 Å². The molecule has 0 spiro atoms. The van der Waals surface area contributed by atoms with E-state index in [0.29, 0.717) is 25.9 Å². The van der Waals surface area contributed by atoms with Gasteiger partial charge in [0.25, 0.3) is 0 Å². The Morgan fingerprint density at radius 1 is 0.935 bits per heavy atom. The van der Waals surface area contributed by atoms with Crippen molar-refractivity contribution >= 4 is 11.8 Å². The van der Waals surface area contributed by atoms with E-state index in [1.807, 2.05) is 32.0 Å². The first-order valence-electron chi connectivity index (χ1n) is 11.4. The van der Waals surface area contributed by atoms with Crippen LogP contribution in [0.3, 0.4) is 0 Å². The van der Waals surface area contributed by atoms with Gasteiger partial charge in [-0.3, -0.25) is 9.59 Å². The number of rotatable bonds is 10. The van der Waals surface area contributed by atoms with E-state index in [4.69, 9.17) is 0 Å². The Bertz CT molecular complexity index is 823. The Morgan fingerprint density at radius 2 is 1.55 bits per heavy atom. The fourth-order valence-corrected chi connectivity index (χ4v) is 3.53. The molecule has 0 heterocycles. The Balaban J connectivity index is 2.04. The van der Waals surface area contributed by atoms with Crippen molar-refractivity contribution in [1.82, 2.24) is 10.2 Å². The van der Waals surface area contributed by atoms with Crippen molar-refractivity contribution in [2.24, 2.45) is 0 Å². The molecule has 4 nitrogen and oxygen atoms in total. The second-order valence-corrected chi connectivity index (χ2v) is 9.24. The van der Waals surface area contributed by atoms with E-state index in [9.17, 15) is 9.59 Å². The molecular weight excluding hydrogens is 384 g/mol. The highest BCUT2D eigenvalue weighted by Crippen LogP contribution is 2.22. The third-order valence-corrected chi connectivity index (χ3v) is 5.65. The van der Waals surface area contributed by atoms with Gasteiger partial charge in [0.05, 0.1) is 0 Å². The van der Waals surface area contributed by atoms with Crippen LogP contribution in [0.15, 0.2) is 54.6 Å². The summed E-state index contributed by atoms with van der Waals surface area (Å²) in [5.41, 5.74) is 3.71. The van der Waals surface area contributed by atoms with Gasteiger partial charge in [0.15, 0.2) is 0 Å². The van der Waals surface area contributed by atoms with Gasteiger partial charge in [0.2, 0.25) is 11.8 Å². The van der Waals surface area contributed by atoms with Crippen molar-refractivity contribution in [3.8, 4) is 0 Å². The lowest BCUT2D eigenvalue weighted by molar-refractivity contribution is -0.139.